The highest BCUT2D eigenvalue weighted by Gasteiger charge is 2.28. The molecule has 23 heavy (non-hydrogen) atoms. The first-order chi connectivity index (χ1) is 10.7. The first kappa shape index (κ1) is 17.3. The van der Waals surface area contributed by atoms with Gasteiger partial charge < -0.3 is 0 Å². The van der Waals surface area contributed by atoms with Crippen molar-refractivity contribution in [2.45, 2.75) is 43.3 Å². The Bertz CT molecular complexity index is 832. The summed E-state index contributed by atoms with van der Waals surface area (Å²) >= 11 is 0. The fourth-order valence-corrected chi connectivity index (χ4v) is 3.87. The highest BCUT2D eigenvalue weighted by Crippen LogP contribution is 2.31. The second kappa shape index (κ2) is 6.22. The summed E-state index contributed by atoms with van der Waals surface area (Å²) in [6.45, 7) is 8.18. The molecule has 2 aromatic carbocycles. The molecule has 0 spiro atoms. The average molecular weight is 326 g/mol. The van der Waals surface area contributed by atoms with Gasteiger partial charge in [-0.2, -0.15) is 0 Å². The van der Waals surface area contributed by atoms with Crippen molar-refractivity contribution in [3.05, 3.63) is 65.2 Å². The van der Waals surface area contributed by atoms with Gasteiger partial charge in [0.1, 0.15) is 0 Å². The minimum Gasteiger partial charge on any atom is -0.222 e. The Morgan fingerprint density at radius 1 is 1.04 bits per heavy atom. The summed E-state index contributed by atoms with van der Waals surface area (Å²) in [6, 6.07) is 14.3. The minimum atomic E-state index is -3.62. The van der Waals surface area contributed by atoms with Crippen molar-refractivity contribution < 1.29 is 8.42 Å². The molecular weight excluding hydrogens is 304 g/mol. The van der Waals surface area contributed by atoms with Gasteiger partial charge in [-0.15, -0.1) is 6.42 Å². The standard InChI is InChI=1S/C20H22O2S/c1-6-19(16-8-7-9-17(14-16)20(3,4)5)23(21,22)18-12-10-15(2)11-13-18/h1,7-14,19H,2-5H3. The first-order valence-corrected chi connectivity index (χ1v) is 9.08. The highest BCUT2D eigenvalue weighted by atomic mass is 32.2. The molecule has 1 atom stereocenters. The van der Waals surface area contributed by atoms with Crippen LogP contribution in [0.4, 0.5) is 0 Å². The summed E-state index contributed by atoms with van der Waals surface area (Å²) in [6.07, 6.45) is 5.59. The Balaban J connectivity index is 2.52. The van der Waals surface area contributed by atoms with E-state index in [4.69, 9.17) is 6.42 Å². The number of terminal acetylenes is 1. The maximum Gasteiger partial charge on any atom is 0.196 e. The summed E-state index contributed by atoms with van der Waals surface area (Å²) in [7, 11) is -3.62. The smallest absolute Gasteiger partial charge is 0.196 e. The Morgan fingerprint density at radius 2 is 1.65 bits per heavy atom. The van der Waals surface area contributed by atoms with Gasteiger partial charge in [-0.05, 0) is 35.6 Å². The molecule has 0 radical (unpaired) electrons. The van der Waals surface area contributed by atoms with Crippen LogP contribution in [0.2, 0.25) is 0 Å². The highest BCUT2D eigenvalue weighted by molar-refractivity contribution is 7.92. The van der Waals surface area contributed by atoms with Crippen molar-refractivity contribution in [3.8, 4) is 12.3 Å². The van der Waals surface area contributed by atoms with Gasteiger partial charge in [-0.1, -0.05) is 68.7 Å². The Kier molecular flexibility index (Phi) is 4.68. The lowest BCUT2D eigenvalue weighted by Crippen LogP contribution is -2.15. The quantitative estimate of drug-likeness (QED) is 0.781. The molecule has 3 heteroatoms. The van der Waals surface area contributed by atoms with E-state index in [1.54, 1.807) is 30.3 Å². The van der Waals surface area contributed by atoms with Crippen molar-refractivity contribution in [2.75, 3.05) is 0 Å². The van der Waals surface area contributed by atoms with Gasteiger partial charge in [0.2, 0.25) is 0 Å². The maximum absolute atomic E-state index is 12.9. The third-order valence-corrected chi connectivity index (χ3v) is 5.82. The number of rotatable bonds is 3. The number of hydrogen-bond donors (Lipinski definition) is 0. The van der Waals surface area contributed by atoms with Crippen molar-refractivity contribution in [2.24, 2.45) is 0 Å². The number of sulfone groups is 1. The van der Waals surface area contributed by atoms with Crippen LogP contribution < -0.4 is 0 Å². The SMILES string of the molecule is C#CC(c1cccc(C(C)(C)C)c1)S(=O)(=O)c1ccc(C)cc1. The van der Waals surface area contributed by atoms with Crippen LogP contribution in [0.3, 0.4) is 0 Å². The van der Waals surface area contributed by atoms with Crippen LogP contribution in [0.1, 0.15) is 42.7 Å². The molecule has 0 heterocycles. The molecule has 2 aromatic rings. The van der Waals surface area contributed by atoms with Crippen molar-refractivity contribution >= 4 is 9.84 Å². The first-order valence-electron chi connectivity index (χ1n) is 7.53. The normalized spacial score (nSPS) is 13.3. The molecule has 0 aliphatic carbocycles. The van der Waals surface area contributed by atoms with Gasteiger partial charge in [0.15, 0.2) is 15.1 Å². The topological polar surface area (TPSA) is 34.1 Å². The van der Waals surface area contributed by atoms with E-state index < -0.39 is 15.1 Å². The van der Waals surface area contributed by atoms with E-state index >= 15 is 0 Å². The second-order valence-corrected chi connectivity index (χ2v) is 8.81. The van der Waals surface area contributed by atoms with E-state index in [1.165, 1.54) is 0 Å². The largest absolute Gasteiger partial charge is 0.222 e. The third-order valence-electron chi connectivity index (χ3n) is 3.87. The monoisotopic (exact) mass is 326 g/mol. The summed E-state index contributed by atoms with van der Waals surface area (Å²) < 4.78 is 25.8. The second-order valence-electron chi connectivity index (χ2n) is 6.78. The van der Waals surface area contributed by atoms with Crippen LogP contribution in [0, 0.1) is 19.3 Å². The molecule has 0 N–H and O–H groups in total. The molecule has 0 bridgehead atoms. The van der Waals surface area contributed by atoms with E-state index in [-0.39, 0.29) is 10.3 Å². The summed E-state index contributed by atoms with van der Waals surface area (Å²) in [4.78, 5) is 0.257. The molecule has 120 valence electrons. The van der Waals surface area contributed by atoms with Gasteiger partial charge in [-0.3, -0.25) is 0 Å². The van der Waals surface area contributed by atoms with Crippen molar-refractivity contribution in [3.63, 3.8) is 0 Å². The molecular formula is C20H22O2S. The van der Waals surface area contributed by atoms with Crippen molar-refractivity contribution in [1.82, 2.24) is 0 Å². The van der Waals surface area contributed by atoms with Crippen LogP contribution in [-0.4, -0.2) is 8.42 Å². The van der Waals surface area contributed by atoms with Crippen LogP contribution in [-0.2, 0) is 15.3 Å². The van der Waals surface area contributed by atoms with E-state index in [1.807, 2.05) is 25.1 Å². The predicted molar refractivity (Wildman–Crippen MR) is 95.1 cm³/mol. The molecule has 0 amide bonds. The zero-order valence-corrected chi connectivity index (χ0v) is 14.8. The van der Waals surface area contributed by atoms with Gasteiger partial charge in [0.05, 0.1) is 4.90 Å². The molecule has 2 rings (SSSR count). The van der Waals surface area contributed by atoms with E-state index in [9.17, 15) is 8.42 Å². The zero-order valence-electron chi connectivity index (χ0n) is 14.0. The molecule has 0 saturated heterocycles. The van der Waals surface area contributed by atoms with Gasteiger partial charge in [-0.25, -0.2) is 8.42 Å². The molecule has 0 fully saturated rings. The summed E-state index contributed by atoms with van der Waals surface area (Å²) in [5, 5.41) is -0.979. The lowest BCUT2D eigenvalue weighted by Gasteiger charge is -2.21. The predicted octanol–water partition coefficient (Wildman–Crippen LogP) is 4.44. The average Bonchev–Trinajstić information content (AvgIpc) is 2.47. The van der Waals surface area contributed by atoms with E-state index in [2.05, 4.69) is 26.7 Å². The maximum atomic E-state index is 12.9. The molecule has 0 saturated carbocycles. The minimum absolute atomic E-state index is 0.0667. The van der Waals surface area contributed by atoms with Gasteiger partial charge >= 0.3 is 0 Å². The third kappa shape index (κ3) is 3.65. The number of aryl methyl sites for hydroxylation is 1. The lowest BCUT2D eigenvalue weighted by atomic mass is 9.86. The van der Waals surface area contributed by atoms with E-state index in [0.29, 0.717) is 5.56 Å². The van der Waals surface area contributed by atoms with Crippen LogP contribution in [0.5, 0.6) is 0 Å². The molecule has 0 aliphatic heterocycles. The number of benzene rings is 2. The Labute approximate surface area is 139 Å². The van der Waals surface area contributed by atoms with Crippen LogP contribution in [0.15, 0.2) is 53.4 Å². The molecule has 2 nitrogen and oxygen atoms in total. The fourth-order valence-electron chi connectivity index (χ4n) is 2.40. The van der Waals surface area contributed by atoms with Gasteiger partial charge in [0.25, 0.3) is 0 Å². The fraction of sp³-hybridized carbons (Fsp3) is 0.300. The Hall–Kier alpha value is -2.05. The van der Waals surface area contributed by atoms with Crippen LogP contribution in [0.25, 0.3) is 0 Å². The number of hydrogen-bond acceptors (Lipinski definition) is 2. The molecule has 0 aromatic heterocycles. The van der Waals surface area contributed by atoms with Crippen LogP contribution >= 0.6 is 0 Å². The van der Waals surface area contributed by atoms with E-state index in [0.717, 1.165) is 11.1 Å². The van der Waals surface area contributed by atoms with Gasteiger partial charge in [0, 0.05) is 0 Å². The Morgan fingerprint density at radius 3 is 2.17 bits per heavy atom. The summed E-state index contributed by atoms with van der Waals surface area (Å²) in [5.41, 5.74) is 2.65. The lowest BCUT2D eigenvalue weighted by molar-refractivity contribution is 0.585. The summed E-state index contributed by atoms with van der Waals surface area (Å²) in [5.74, 6) is 2.46. The molecule has 0 aliphatic rings. The molecule has 1 unspecified atom stereocenters. The van der Waals surface area contributed by atoms with Crippen molar-refractivity contribution in [1.29, 1.82) is 0 Å². The zero-order chi connectivity index (χ0) is 17.3.